The molecular formula is C19H22O7. The number of hydrogen-bond acceptors (Lipinski definition) is 7. The van der Waals surface area contributed by atoms with Crippen molar-refractivity contribution >= 4 is 17.9 Å². The predicted octanol–water partition coefficient (Wildman–Crippen LogP) is 2.03. The molecule has 3 rings (SSSR count). The van der Waals surface area contributed by atoms with Gasteiger partial charge in [0.05, 0.1) is 11.7 Å². The highest BCUT2D eigenvalue weighted by atomic mass is 16.6. The molecule has 1 aliphatic carbocycles. The molecule has 3 atom stereocenters. The monoisotopic (exact) mass is 362 g/mol. The average Bonchev–Trinajstić information content (AvgIpc) is 2.80. The first kappa shape index (κ1) is 18.4. The van der Waals surface area contributed by atoms with Crippen LogP contribution in [0, 0.1) is 0 Å². The summed E-state index contributed by atoms with van der Waals surface area (Å²) in [5, 5.41) is 0. The normalized spacial score (nSPS) is 32.6. The van der Waals surface area contributed by atoms with Crippen LogP contribution < -0.4 is 0 Å². The SMILES string of the molecule is CC(=O)O[C@H]1C(C)OC2(CC(OC(=O)c3ccccc3)C2)[C@H]1OC(C)=O. The fourth-order valence-corrected chi connectivity index (χ4v) is 3.67. The maximum atomic E-state index is 12.2. The molecule has 2 aliphatic rings. The third-order valence-electron chi connectivity index (χ3n) is 4.72. The van der Waals surface area contributed by atoms with Crippen LogP contribution in [0.5, 0.6) is 0 Å². The van der Waals surface area contributed by atoms with Crippen LogP contribution in [0.25, 0.3) is 0 Å². The van der Waals surface area contributed by atoms with Crippen LogP contribution >= 0.6 is 0 Å². The number of benzene rings is 1. The van der Waals surface area contributed by atoms with Gasteiger partial charge in [-0.05, 0) is 19.1 Å². The van der Waals surface area contributed by atoms with Crippen molar-refractivity contribution in [3.05, 3.63) is 35.9 Å². The van der Waals surface area contributed by atoms with Gasteiger partial charge in [0.25, 0.3) is 0 Å². The molecule has 1 saturated carbocycles. The highest BCUT2D eigenvalue weighted by Crippen LogP contribution is 2.49. The second-order valence-corrected chi connectivity index (χ2v) is 6.79. The molecule has 0 amide bonds. The fourth-order valence-electron chi connectivity index (χ4n) is 3.67. The van der Waals surface area contributed by atoms with Crippen molar-refractivity contribution in [2.75, 3.05) is 0 Å². The molecule has 0 aromatic heterocycles. The Morgan fingerprint density at radius 3 is 2.19 bits per heavy atom. The van der Waals surface area contributed by atoms with Crippen molar-refractivity contribution < 1.29 is 33.3 Å². The minimum Gasteiger partial charge on any atom is -0.459 e. The summed E-state index contributed by atoms with van der Waals surface area (Å²) >= 11 is 0. The van der Waals surface area contributed by atoms with Gasteiger partial charge in [-0.25, -0.2) is 4.79 Å². The summed E-state index contributed by atoms with van der Waals surface area (Å²) in [6.07, 6.45) is -1.40. The number of rotatable bonds is 4. The first-order valence-corrected chi connectivity index (χ1v) is 8.59. The molecule has 2 fully saturated rings. The van der Waals surface area contributed by atoms with E-state index < -0.39 is 41.8 Å². The fraction of sp³-hybridized carbons (Fsp3) is 0.526. The van der Waals surface area contributed by atoms with E-state index in [9.17, 15) is 14.4 Å². The molecule has 0 bridgehead atoms. The highest BCUT2D eigenvalue weighted by molar-refractivity contribution is 5.89. The Labute approximate surface area is 151 Å². The summed E-state index contributed by atoms with van der Waals surface area (Å²) in [4.78, 5) is 35.0. The first-order valence-electron chi connectivity index (χ1n) is 8.59. The third-order valence-corrected chi connectivity index (χ3v) is 4.72. The van der Waals surface area contributed by atoms with E-state index in [0.717, 1.165) is 0 Å². The molecule has 1 saturated heterocycles. The van der Waals surface area contributed by atoms with Crippen LogP contribution in [0.3, 0.4) is 0 Å². The van der Waals surface area contributed by atoms with Crippen molar-refractivity contribution in [2.24, 2.45) is 0 Å². The van der Waals surface area contributed by atoms with E-state index >= 15 is 0 Å². The molecule has 7 nitrogen and oxygen atoms in total. The summed E-state index contributed by atoms with van der Waals surface area (Å²) in [6.45, 7) is 4.36. The van der Waals surface area contributed by atoms with E-state index in [1.807, 2.05) is 6.07 Å². The predicted molar refractivity (Wildman–Crippen MR) is 89.3 cm³/mol. The zero-order valence-electron chi connectivity index (χ0n) is 15.0. The molecule has 140 valence electrons. The Hall–Kier alpha value is -2.41. The summed E-state index contributed by atoms with van der Waals surface area (Å²) in [5.74, 6) is -1.35. The van der Waals surface area contributed by atoms with Crippen LogP contribution in [0.4, 0.5) is 0 Å². The quantitative estimate of drug-likeness (QED) is 0.598. The van der Waals surface area contributed by atoms with Crippen molar-refractivity contribution in [3.63, 3.8) is 0 Å². The zero-order valence-corrected chi connectivity index (χ0v) is 15.0. The lowest BCUT2D eigenvalue weighted by Gasteiger charge is -2.46. The number of carbonyl (C=O) groups is 3. The lowest BCUT2D eigenvalue weighted by Crippen LogP contribution is -2.58. The smallest absolute Gasteiger partial charge is 0.338 e. The molecule has 1 aromatic carbocycles. The summed E-state index contributed by atoms with van der Waals surface area (Å²) < 4.78 is 22.2. The van der Waals surface area contributed by atoms with Gasteiger partial charge in [0.15, 0.2) is 12.2 Å². The number of carbonyl (C=O) groups excluding carboxylic acids is 3. The maximum Gasteiger partial charge on any atom is 0.338 e. The third kappa shape index (κ3) is 3.58. The Bertz CT molecular complexity index is 693. The Balaban J connectivity index is 1.67. The molecule has 0 radical (unpaired) electrons. The van der Waals surface area contributed by atoms with Crippen molar-refractivity contribution in [3.8, 4) is 0 Å². The van der Waals surface area contributed by atoms with Crippen LogP contribution in [-0.4, -0.2) is 47.9 Å². The van der Waals surface area contributed by atoms with E-state index in [4.69, 9.17) is 18.9 Å². The number of hydrogen-bond donors (Lipinski definition) is 0. The van der Waals surface area contributed by atoms with Gasteiger partial charge in [-0.2, -0.15) is 0 Å². The molecule has 1 unspecified atom stereocenters. The van der Waals surface area contributed by atoms with Gasteiger partial charge < -0.3 is 18.9 Å². The van der Waals surface area contributed by atoms with E-state index in [-0.39, 0.29) is 6.10 Å². The standard InChI is InChI=1S/C19H22O7/c1-11-16(23-12(2)20)17(24-13(3)21)19(26-11)9-15(10-19)25-18(22)14-7-5-4-6-8-14/h4-8,11,15-17H,9-10H2,1-3H3/t11?,15?,16-,17-,19?/m0/s1. The topological polar surface area (TPSA) is 88.1 Å². The van der Waals surface area contributed by atoms with E-state index in [1.54, 1.807) is 31.2 Å². The van der Waals surface area contributed by atoms with E-state index in [0.29, 0.717) is 18.4 Å². The second-order valence-electron chi connectivity index (χ2n) is 6.79. The van der Waals surface area contributed by atoms with Gasteiger partial charge >= 0.3 is 17.9 Å². The number of ether oxygens (including phenoxy) is 4. The van der Waals surface area contributed by atoms with Gasteiger partial charge in [-0.1, -0.05) is 18.2 Å². The minimum absolute atomic E-state index is 0.343. The Morgan fingerprint density at radius 2 is 1.62 bits per heavy atom. The van der Waals surface area contributed by atoms with Crippen LogP contribution in [0.2, 0.25) is 0 Å². The molecule has 1 spiro atoms. The second kappa shape index (κ2) is 7.07. The molecule has 1 aromatic rings. The molecule has 7 heteroatoms. The lowest BCUT2D eigenvalue weighted by atomic mass is 9.73. The van der Waals surface area contributed by atoms with Crippen LogP contribution in [-0.2, 0) is 28.5 Å². The molecule has 1 heterocycles. The van der Waals surface area contributed by atoms with Gasteiger partial charge in [0.2, 0.25) is 0 Å². The van der Waals surface area contributed by atoms with Crippen LogP contribution in [0.1, 0.15) is 44.0 Å². The molecule has 1 aliphatic heterocycles. The lowest BCUT2D eigenvalue weighted by molar-refractivity contribution is -0.195. The van der Waals surface area contributed by atoms with Crippen LogP contribution in [0.15, 0.2) is 30.3 Å². The van der Waals surface area contributed by atoms with E-state index in [1.165, 1.54) is 13.8 Å². The Kier molecular flexibility index (Phi) is 5.00. The molecule has 0 N–H and O–H groups in total. The maximum absolute atomic E-state index is 12.2. The largest absolute Gasteiger partial charge is 0.459 e. The van der Waals surface area contributed by atoms with Gasteiger partial charge in [0.1, 0.15) is 11.7 Å². The van der Waals surface area contributed by atoms with Gasteiger partial charge in [-0.15, -0.1) is 0 Å². The first-order chi connectivity index (χ1) is 12.3. The van der Waals surface area contributed by atoms with Gasteiger partial charge in [0, 0.05) is 26.7 Å². The molecule has 26 heavy (non-hydrogen) atoms. The van der Waals surface area contributed by atoms with E-state index in [2.05, 4.69) is 0 Å². The minimum atomic E-state index is -0.799. The summed E-state index contributed by atoms with van der Waals surface area (Å²) in [6, 6.07) is 8.72. The Morgan fingerprint density at radius 1 is 1.00 bits per heavy atom. The van der Waals surface area contributed by atoms with Crippen molar-refractivity contribution in [2.45, 2.75) is 63.6 Å². The molecular weight excluding hydrogens is 340 g/mol. The zero-order chi connectivity index (χ0) is 18.9. The summed E-state index contributed by atoms with van der Waals surface area (Å²) in [7, 11) is 0. The van der Waals surface area contributed by atoms with Crippen molar-refractivity contribution in [1.29, 1.82) is 0 Å². The number of esters is 3. The van der Waals surface area contributed by atoms with Crippen molar-refractivity contribution in [1.82, 2.24) is 0 Å². The highest BCUT2D eigenvalue weighted by Gasteiger charge is 2.64. The summed E-state index contributed by atoms with van der Waals surface area (Å²) in [5.41, 5.74) is -0.323. The van der Waals surface area contributed by atoms with Gasteiger partial charge in [-0.3, -0.25) is 9.59 Å². The average molecular weight is 362 g/mol.